The summed E-state index contributed by atoms with van der Waals surface area (Å²) in [5, 5.41) is 0. The number of ketones is 2. The number of Topliss-reactive ketones (excluding diaryl/α,β-unsaturated/α-hetero) is 2. The molecule has 0 spiro atoms. The van der Waals surface area contributed by atoms with Crippen LogP contribution in [0.1, 0.15) is 65.2 Å². The van der Waals surface area contributed by atoms with E-state index in [0.717, 1.165) is 19.3 Å². The third kappa shape index (κ3) is 9.53. The van der Waals surface area contributed by atoms with Gasteiger partial charge in [0.15, 0.2) is 11.9 Å². The molecule has 0 amide bonds. The van der Waals surface area contributed by atoms with E-state index in [0.29, 0.717) is 6.42 Å². The maximum atomic E-state index is 11.8. The van der Waals surface area contributed by atoms with Crippen molar-refractivity contribution in [3.8, 4) is 0 Å². The van der Waals surface area contributed by atoms with Crippen LogP contribution in [0.5, 0.6) is 0 Å². The van der Waals surface area contributed by atoms with E-state index in [1.807, 2.05) is 0 Å². The van der Waals surface area contributed by atoms with Crippen LogP contribution < -0.4 is 0 Å². The van der Waals surface area contributed by atoms with Crippen LogP contribution in [0.15, 0.2) is 0 Å². The minimum Gasteiger partial charge on any atom is -0.438 e. The van der Waals surface area contributed by atoms with E-state index < -0.39 is 12.3 Å². The normalized spacial score (nSPS) is 11.8. The van der Waals surface area contributed by atoms with E-state index in [-0.39, 0.29) is 18.0 Å². The summed E-state index contributed by atoms with van der Waals surface area (Å²) in [6, 6.07) is 0. The Labute approximate surface area is 121 Å². The van der Waals surface area contributed by atoms with Crippen molar-refractivity contribution < 1.29 is 23.9 Å². The average Bonchev–Trinajstić information content (AvgIpc) is 2.40. The number of hydrogen-bond acceptors (Lipinski definition) is 5. The van der Waals surface area contributed by atoms with Gasteiger partial charge < -0.3 is 9.47 Å². The molecule has 116 valence electrons. The molecular formula is C15H26O5. The minimum absolute atomic E-state index is 0.197. The van der Waals surface area contributed by atoms with E-state index in [1.165, 1.54) is 33.3 Å². The molecule has 0 aliphatic rings. The zero-order chi connectivity index (χ0) is 15.4. The van der Waals surface area contributed by atoms with Crippen molar-refractivity contribution in [1.29, 1.82) is 0 Å². The topological polar surface area (TPSA) is 69.7 Å². The summed E-state index contributed by atoms with van der Waals surface area (Å²) in [7, 11) is 1.19. The van der Waals surface area contributed by atoms with Gasteiger partial charge in [-0.25, -0.2) is 4.79 Å². The molecule has 0 fully saturated rings. The van der Waals surface area contributed by atoms with E-state index in [2.05, 4.69) is 11.7 Å². The molecule has 0 heterocycles. The van der Waals surface area contributed by atoms with Gasteiger partial charge in [0.25, 0.3) is 0 Å². The van der Waals surface area contributed by atoms with Gasteiger partial charge in [0.05, 0.1) is 13.5 Å². The first-order valence-corrected chi connectivity index (χ1v) is 7.28. The lowest BCUT2D eigenvalue weighted by atomic mass is 10.0. The molecule has 5 nitrogen and oxygen atoms in total. The molecule has 1 atom stereocenters. The Morgan fingerprint density at radius 2 is 1.60 bits per heavy atom. The summed E-state index contributed by atoms with van der Waals surface area (Å²) in [5.41, 5.74) is 0. The van der Waals surface area contributed by atoms with Gasteiger partial charge in [0.2, 0.25) is 0 Å². The summed E-state index contributed by atoms with van der Waals surface area (Å²) >= 11 is 0. The number of carbonyl (C=O) groups is 3. The van der Waals surface area contributed by atoms with Gasteiger partial charge in [0.1, 0.15) is 5.78 Å². The Kier molecular flexibility index (Phi) is 10.6. The molecule has 0 aliphatic heterocycles. The highest BCUT2D eigenvalue weighted by atomic mass is 16.7. The first-order chi connectivity index (χ1) is 9.51. The van der Waals surface area contributed by atoms with Gasteiger partial charge in [-0.2, -0.15) is 0 Å². The van der Waals surface area contributed by atoms with Crippen molar-refractivity contribution in [3.63, 3.8) is 0 Å². The first-order valence-electron chi connectivity index (χ1n) is 7.28. The molecule has 0 aromatic carbocycles. The summed E-state index contributed by atoms with van der Waals surface area (Å²) in [6.07, 6.45) is 5.00. The monoisotopic (exact) mass is 286 g/mol. The number of unbranched alkanes of at least 4 members (excludes halogenated alkanes) is 5. The molecule has 0 bridgehead atoms. The fourth-order valence-corrected chi connectivity index (χ4v) is 1.92. The SMILES string of the molecule is CCCCCCCCC(OC(=O)OC)C(=O)CC(C)=O. The largest absolute Gasteiger partial charge is 0.508 e. The van der Waals surface area contributed by atoms with Crippen LogP contribution in [-0.4, -0.2) is 30.9 Å². The second kappa shape index (κ2) is 11.4. The summed E-state index contributed by atoms with van der Waals surface area (Å²) in [5.74, 6) is -0.576. The predicted molar refractivity (Wildman–Crippen MR) is 75.6 cm³/mol. The van der Waals surface area contributed by atoms with E-state index >= 15 is 0 Å². The second-order valence-electron chi connectivity index (χ2n) is 4.96. The summed E-state index contributed by atoms with van der Waals surface area (Å²) in [4.78, 5) is 33.9. The molecule has 1 unspecified atom stereocenters. The van der Waals surface area contributed by atoms with Crippen LogP contribution in [0.4, 0.5) is 4.79 Å². The van der Waals surface area contributed by atoms with Crippen LogP contribution in [0, 0.1) is 0 Å². The van der Waals surface area contributed by atoms with E-state index in [1.54, 1.807) is 0 Å². The van der Waals surface area contributed by atoms with Gasteiger partial charge in [-0.15, -0.1) is 0 Å². The van der Waals surface area contributed by atoms with Crippen molar-refractivity contribution in [2.45, 2.75) is 71.3 Å². The van der Waals surface area contributed by atoms with Crippen LogP contribution in [0.25, 0.3) is 0 Å². The van der Waals surface area contributed by atoms with Gasteiger partial charge in [-0.1, -0.05) is 39.0 Å². The van der Waals surface area contributed by atoms with Crippen LogP contribution in [0.2, 0.25) is 0 Å². The standard InChI is InChI=1S/C15H26O5/c1-4-5-6-7-8-9-10-14(20-15(18)19-3)13(17)11-12(2)16/h14H,4-11H2,1-3H3. The van der Waals surface area contributed by atoms with Gasteiger partial charge in [-0.3, -0.25) is 9.59 Å². The van der Waals surface area contributed by atoms with Gasteiger partial charge in [-0.05, 0) is 19.8 Å². The average molecular weight is 286 g/mol. The minimum atomic E-state index is -0.877. The molecule has 0 aromatic heterocycles. The van der Waals surface area contributed by atoms with Crippen LogP contribution in [-0.2, 0) is 19.1 Å². The van der Waals surface area contributed by atoms with Gasteiger partial charge in [0, 0.05) is 0 Å². The van der Waals surface area contributed by atoms with Crippen molar-refractivity contribution in [2.75, 3.05) is 7.11 Å². The number of rotatable bonds is 11. The Morgan fingerprint density at radius 1 is 1.00 bits per heavy atom. The highest BCUT2D eigenvalue weighted by Gasteiger charge is 2.23. The lowest BCUT2D eigenvalue weighted by Gasteiger charge is -2.15. The molecule has 0 rings (SSSR count). The summed E-state index contributed by atoms with van der Waals surface area (Å²) in [6.45, 7) is 3.50. The first kappa shape index (κ1) is 18.6. The zero-order valence-electron chi connectivity index (χ0n) is 12.8. The fourth-order valence-electron chi connectivity index (χ4n) is 1.92. The maximum Gasteiger partial charge on any atom is 0.508 e. The molecule has 20 heavy (non-hydrogen) atoms. The summed E-state index contributed by atoms with van der Waals surface area (Å²) < 4.78 is 9.32. The Morgan fingerprint density at radius 3 is 2.15 bits per heavy atom. The van der Waals surface area contributed by atoms with Crippen LogP contribution >= 0.6 is 0 Å². The lowest BCUT2D eigenvalue weighted by Crippen LogP contribution is -2.28. The number of hydrogen-bond donors (Lipinski definition) is 0. The second-order valence-corrected chi connectivity index (χ2v) is 4.96. The molecule has 0 aliphatic carbocycles. The van der Waals surface area contributed by atoms with Crippen molar-refractivity contribution in [3.05, 3.63) is 0 Å². The van der Waals surface area contributed by atoms with Crippen molar-refractivity contribution >= 4 is 17.7 Å². The highest BCUT2D eigenvalue weighted by molar-refractivity contribution is 6.00. The third-order valence-corrected chi connectivity index (χ3v) is 3.01. The van der Waals surface area contributed by atoms with Crippen molar-refractivity contribution in [2.24, 2.45) is 0 Å². The molecular weight excluding hydrogens is 260 g/mol. The highest BCUT2D eigenvalue weighted by Crippen LogP contribution is 2.13. The maximum absolute atomic E-state index is 11.8. The van der Waals surface area contributed by atoms with Crippen LogP contribution in [0.3, 0.4) is 0 Å². The Balaban J connectivity index is 4.14. The third-order valence-electron chi connectivity index (χ3n) is 3.01. The number of carbonyl (C=O) groups excluding carboxylic acids is 3. The molecule has 5 heteroatoms. The molecule has 0 aromatic rings. The quantitative estimate of drug-likeness (QED) is 0.330. The number of ether oxygens (including phenoxy) is 2. The molecule has 0 radical (unpaired) electrons. The Hall–Kier alpha value is -1.39. The Bertz CT molecular complexity index is 311. The van der Waals surface area contributed by atoms with E-state index in [9.17, 15) is 14.4 Å². The van der Waals surface area contributed by atoms with Crippen molar-refractivity contribution in [1.82, 2.24) is 0 Å². The smallest absolute Gasteiger partial charge is 0.438 e. The fraction of sp³-hybridized carbons (Fsp3) is 0.800. The molecule has 0 N–H and O–H groups in total. The van der Waals surface area contributed by atoms with E-state index in [4.69, 9.17) is 4.74 Å². The predicted octanol–water partition coefficient (Wildman–Crippen LogP) is 3.44. The molecule has 0 saturated heterocycles. The molecule has 0 saturated carbocycles. The number of methoxy groups -OCH3 is 1. The van der Waals surface area contributed by atoms with Gasteiger partial charge >= 0.3 is 6.16 Å². The zero-order valence-corrected chi connectivity index (χ0v) is 12.8. The lowest BCUT2D eigenvalue weighted by molar-refractivity contribution is -0.133.